The average Bonchev–Trinajstić information content (AvgIpc) is 2.75. The number of aromatic nitrogens is 3. The van der Waals surface area contributed by atoms with E-state index >= 15 is 0 Å². The molecule has 0 radical (unpaired) electrons. The van der Waals surface area contributed by atoms with Gasteiger partial charge in [-0.3, -0.25) is 4.79 Å². The lowest BCUT2D eigenvalue weighted by atomic mass is 10.2. The van der Waals surface area contributed by atoms with Crippen LogP contribution in [0.5, 0.6) is 0 Å². The Morgan fingerprint density at radius 1 is 1.47 bits per heavy atom. The Balaban J connectivity index is 2.27. The van der Waals surface area contributed by atoms with Gasteiger partial charge in [-0.05, 0) is 19.9 Å². The molecule has 0 aliphatic carbocycles. The molecule has 2 heterocycles. The van der Waals surface area contributed by atoms with Crippen LogP contribution in [0, 0.1) is 6.92 Å². The van der Waals surface area contributed by atoms with E-state index in [0.717, 1.165) is 23.5 Å². The Morgan fingerprint density at radius 2 is 2.29 bits per heavy atom. The van der Waals surface area contributed by atoms with E-state index in [4.69, 9.17) is 5.73 Å². The fraction of sp³-hybridized carbons (Fsp3) is 0.364. The van der Waals surface area contributed by atoms with Crippen LogP contribution in [-0.2, 0) is 6.42 Å². The van der Waals surface area contributed by atoms with Gasteiger partial charge in [-0.15, -0.1) is 10.2 Å². The molecule has 0 fully saturated rings. The van der Waals surface area contributed by atoms with Gasteiger partial charge in [0.15, 0.2) is 10.4 Å². The van der Waals surface area contributed by atoms with E-state index in [-0.39, 0.29) is 5.43 Å². The van der Waals surface area contributed by atoms with Gasteiger partial charge in [0.05, 0.1) is 5.56 Å². The number of hydrogen-bond donors (Lipinski definition) is 2. The van der Waals surface area contributed by atoms with E-state index < -0.39 is 0 Å². The monoisotopic (exact) mass is 250 g/mol. The molecule has 3 N–H and O–H groups in total. The summed E-state index contributed by atoms with van der Waals surface area (Å²) in [5.74, 6) is 0. The van der Waals surface area contributed by atoms with Crippen LogP contribution in [0.2, 0.25) is 0 Å². The Kier molecular flexibility index (Phi) is 3.65. The van der Waals surface area contributed by atoms with Crippen molar-refractivity contribution < 1.29 is 0 Å². The van der Waals surface area contributed by atoms with Crippen molar-refractivity contribution in [3.63, 3.8) is 0 Å². The van der Waals surface area contributed by atoms with Crippen molar-refractivity contribution in [3.8, 4) is 10.6 Å². The maximum absolute atomic E-state index is 11.8. The highest BCUT2D eigenvalue weighted by Crippen LogP contribution is 2.20. The van der Waals surface area contributed by atoms with Crippen molar-refractivity contribution in [2.24, 2.45) is 5.73 Å². The van der Waals surface area contributed by atoms with Gasteiger partial charge >= 0.3 is 0 Å². The lowest BCUT2D eigenvalue weighted by molar-refractivity contribution is 0.812. The molecule has 17 heavy (non-hydrogen) atoms. The summed E-state index contributed by atoms with van der Waals surface area (Å²) in [6.07, 6.45) is 3.39. The smallest absolute Gasteiger partial charge is 0.192 e. The second-order valence-corrected chi connectivity index (χ2v) is 4.85. The normalized spacial score (nSPS) is 10.7. The fourth-order valence-electron chi connectivity index (χ4n) is 1.46. The van der Waals surface area contributed by atoms with Crippen molar-refractivity contribution in [1.29, 1.82) is 0 Å². The summed E-state index contributed by atoms with van der Waals surface area (Å²) in [4.78, 5) is 14.8. The molecule has 0 saturated heterocycles. The first-order valence-electron chi connectivity index (χ1n) is 5.43. The van der Waals surface area contributed by atoms with Gasteiger partial charge in [-0.25, -0.2) is 0 Å². The van der Waals surface area contributed by atoms with Gasteiger partial charge in [0.1, 0.15) is 5.01 Å². The van der Waals surface area contributed by atoms with E-state index in [0.29, 0.717) is 17.1 Å². The van der Waals surface area contributed by atoms with E-state index in [1.807, 2.05) is 6.92 Å². The molecule has 0 aromatic carbocycles. The minimum atomic E-state index is -0.0252. The molecule has 0 saturated carbocycles. The second kappa shape index (κ2) is 5.20. The molecule has 90 valence electrons. The summed E-state index contributed by atoms with van der Waals surface area (Å²) in [5.41, 5.74) is 6.83. The summed E-state index contributed by atoms with van der Waals surface area (Å²) >= 11 is 1.45. The maximum Gasteiger partial charge on any atom is 0.192 e. The van der Waals surface area contributed by atoms with Crippen LogP contribution in [0.25, 0.3) is 10.6 Å². The maximum atomic E-state index is 11.8. The van der Waals surface area contributed by atoms with Gasteiger partial charge in [-0.1, -0.05) is 11.3 Å². The number of pyridine rings is 1. The molecule has 0 amide bonds. The lowest BCUT2D eigenvalue weighted by Crippen LogP contribution is -2.04. The van der Waals surface area contributed by atoms with Crippen molar-refractivity contribution in [3.05, 3.63) is 33.2 Å². The highest BCUT2D eigenvalue weighted by Gasteiger charge is 2.09. The average molecular weight is 250 g/mol. The number of nitrogens with one attached hydrogen (secondary N) is 1. The molecule has 0 spiro atoms. The molecule has 0 aliphatic rings. The standard InChI is InChI=1S/C11H14N4OS/c1-7-5-9(16)8(6-13-7)11-15-14-10(17-11)3-2-4-12/h5-6H,2-4,12H2,1H3,(H,13,16). The Hall–Kier alpha value is -1.53. The minimum Gasteiger partial charge on any atom is -0.364 e. The number of hydrogen-bond acceptors (Lipinski definition) is 5. The van der Waals surface area contributed by atoms with Gasteiger partial charge in [0.2, 0.25) is 0 Å². The van der Waals surface area contributed by atoms with Crippen molar-refractivity contribution in [2.75, 3.05) is 6.54 Å². The minimum absolute atomic E-state index is 0.0252. The van der Waals surface area contributed by atoms with Crippen LogP contribution >= 0.6 is 11.3 Å². The fourth-order valence-corrected chi connectivity index (χ4v) is 2.36. The quantitative estimate of drug-likeness (QED) is 0.850. The first-order valence-corrected chi connectivity index (χ1v) is 6.24. The Bertz CT molecular complexity index is 561. The SMILES string of the molecule is Cc1cc(=O)c(-c2nnc(CCCN)s2)c[nH]1. The third kappa shape index (κ3) is 2.78. The molecular weight excluding hydrogens is 236 g/mol. The van der Waals surface area contributed by atoms with E-state index in [9.17, 15) is 4.79 Å². The topological polar surface area (TPSA) is 84.7 Å². The third-order valence-electron chi connectivity index (χ3n) is 2.35. The zero-order valence-corrected chi connectivity index (χ0v) is 10.4. The van der Waals surface area contributed by atoms with Crippen LogP contribution in [-0.4, -0.2) is 21.7 Å². The van der Waals surface area contributed by atoms with Crippen molar-refractivity contribution in [1.82, 2.24) is 15.2 Å². The zero-order chi connectivity index (χ0) is 12.3. The van der Waals surface area contributed by atoms with Crippen molar-refractivity contribution >= 4 is 11.3 Å². The second-order valence-electron chi connectivity index (χ2n) is 3.79. The summed E-state index contributed by atoms with van der Waals surface area (Å²) in [5, 5.41) is 9.68. The van der Waals surface area contributed by atoms with Crippen LogP contribution in [0.1, 0.15) is 17.1 Å². The predicted molar refractivity (Wildman–Crippen MR) is 68.1 cm³/mol. The summed E-state index contributed by atoms with van der Waals surface area (Å²) in [7, 11) is 0. The highest BCUT2D eigenvalue weighted by molar-refractivity contribution is 7.14. The zero-order valence-electron chi connectivity index (χ0n) is 9.56. The van der Waals surface area contributed by atoms with Crippen LogP contribution in [0.15, 0.2) is 17.1 Å². The molecule has 0 aliphatic heterocycles. The number of aryl methyl sites for hydroxylation is 2. The molecule has 2 aromatic heterocycles. The molecule has 5 nitrogen and oxygen atoms in total. The molecule has 0 bridgehead atoms. The summed E-state index contributed by atoms with van der Waals surface area (Å²) < 4.78 is 0. The van der Waals surface area contributed by atoms with Crippen LogP contribution in [0.3, 0.4) is 0 Å². The van der Waals surface area contributed by atoms with Gasteiger partial charge < -0.3 is 10.7 Å². The number of aromatic amines is 1. The Labute approximate surface area is 103 Å². The molecular formula is C11H14N4OS. The first kappa shape index (κ1) is 11.9. The van der Waals surface area contributed by atoms with Crippen molar-refractivity contribution in [2.45, 2.75) is 19.8 Å². The van der Waals surface area contributed by atoms with Gasteiger partial charge in [0, 0.05) is 24.4 Å². The number of nitrogens with zero attached hydrogens (tertiary/aromatic N) is 2. The molecule has 2 rings (SSSR count). The summed E-state index contributed by atoms with van der Waals surface area (Å²) in [6.45, 7) is 2.48. The Morgan fingerprint density at radius 3 is 3.00 bits per heavy atom. The molecule has 0 atom stereocenters. The molecule has 6 heteroatoms. The predicted octanol–water partition coefficient (Wildman–Crippen LogP) is 1.09. The van der Waals surface area contributed by atoms with Crippen LogP contribution in [0.4, 0.5) is 0 Å². The van der Waals surface area contributed by atoms with E-state index in [2.05, 4.69) is 15.2 Å². The number of nitrogens with two attached hydrogens (primary N) is 1. The van der Waals surface area contributed by atoms with E-state index in [1.54, 1.807) is 12.3 Å². The molecule has 2 aromatic rings. The lowest BCUT2D eigenvalue weighted by Gasteiger charge is -1.95. The van der Waals surface area contributed by atoms with Gasteiger partial charge in [-0.2, -0.15) is 0 Å². The first-order chi connectivity index (χ1) is 8.20. The molecule has 0 unspecified atom stereocenters. The van der Waals surface area contributed by atoms with Crippen LogP contribution < -0.4 is 11.2 Å². The van der Waals surface area contributed by atoms with E-state index in [1.165, 1.54) is 11.3 Å². The number of rotatable bonds is 4. The largest absolute Gasteiger partial charge is 0.364 e. The highest BCUT2D eigenvalue weighted by atomic mass is 32.1. The third-order valence-corrected chi connectivity index (χ3v) is 3.37. The number of H-pyrrole nitrogens is 1. The summed E-state index contributed by atoms with van der Waals surface area (Å²) in [6, 6.07) is 1.57. The van der Waals surface area contributed by atoms with Gasteiger partial charge in [0.25, 0.3) is 0 Å².